The van der Waals surface area contributed by atoms with E-state index in [2.05, 4.69) is 10.0 Å². The average Bonchev–Trinajstić information content (AvgIpc) is 2.92. The van der Waals surface area contributed by atoms with Crippen LogP contribution in [0.1, 0.15) is 12.0 Å². The molecule has 0 aromatic heterocycles. The molecule has 1 atom stereocenters. The summed E-state index contributed by atoms with van der Waals surface area (Å²) in [6.07, 6.45) is 0.842. The van der Waals surface area contributed by atoms with Crippen molar-refractivity contribution in [3.05, 3.63) is 29.6 Å². The standard InChI is InChI=1S/C13H19FN2O3S/c1-15-8-11-2-3-12(14)6-13(11)20(17,18)16-7-10-4-5-19-9-10/h2-3,6,10,15-16H,4-5,7-9H2,1H3. The zero-order valence-corrected chi connectivity index (χ0v) is 12.2. The van der Waals surface area contributed by atoms with Gasteiger partial charge in [-0.1, -0.05) is 6.07 Å². The van der Waals surface area contributed by atoms with Crippen LogP contribution in [0, 0.1) is 11.7 Å². The second-order valence-corrected chi connectivity index (χ2v) is 6.60. The third-order valence-corrected chi connectivity index (χ3v) is 4.78. The number of hydrogen-bond donors (Lipinski definition) is 2. The van der Waals surface area contributed by atoms with Crippen molar-refractivity contribution in [2.24, 2.45) is 5.92 Å². The first kappa shape index (κ1) is 15.4. The molecule has 1 heterocycles. The Balaban J connectivity index is 2.16. The van der Waals surface area contributed by atoms with Crippen LogP contribution in [-0.4, -0.2) is 35.2 Å². The molecule has 1 unspecified atom stereocenters. The lowest BCUT2D eigenvalue weighted by molar-refractivity contribution is 0.186. The van der Waals surface area contributed by atoms with E-state index in [4.69, 9.17) is 4.74 Å². The monoisotopic (exact) mass is 302 g/mol. The fraction of sp³-hybridized carbons (Fsp3) is 0.538. The minimum atomic E-state index is -3.71. The van der Waals surface area contributed by atoms with Gasteiger partial charge in [-0.25, -0.2) is 17.5 Å². The summed E-state index contributed by atoms with van der Waals surface area (Å²) in [6, 6.07) is 3.80. The Kier molecular flexibility index (Phi) is 5.09. The highest BCUT2D eigenvalue weighted by Gasteiger charge is 2.22. The molecule has 1 aromatic rings. The summed E-state index contributed by atoms with van der Waals surface area (Å²) in [5, 5.41) is 2.88. The van der Waals surface area contributed by atoms with Gasteiger partial charge in [0.15, 0.2) is 0 Å². The van der Waals surface area contributed by atoms with E-state index >= 15 is 0 Å². The zero-order valence-electron chi connectivity index (χ0n) is 11.4. The topological polar surface area (TPSA) is 67.4 Å². The van der Waals surface area contributed by atoms with Crippen molar-refractivity contribution < 1.29 is 17.5 Å². The van der Waals surface area contributed by atoms with Crippen LogP contribution in [-0.2, 0) is 21.3 Å². The van der Waals surface area contributed by atoms with Gasteiger partial charge in [-0.3, -0.25) is 0 Å². The molecule has 1 aliphatic heterocycles. The van der Waals surface area contributed by atoms with Gasteiger partial charge < -0.3 is 10.1 Å². The van der Waals surface area contributed by atoms with E-state index in [1.807, 2.05) is 0 Å². The van der Waals surface area contributed by atoms with Gasteiger partial charge in [0.05, 0.1) is 11.5 Å². The van der Waals surface area contributed by atoms with Crippen LogP contribution in [0.15, 0.2) is 23.1 Å². The fourth-order valence-corrected chi connectivity index (χ4v) is 3.53. The Morgan fingerprint density at radius 3 is 2.90 bits per heavy atom. The average molecular weight is 302 g/mol. The van der Waals surface area contributed by atoms with Crippen LogP contribution >= 0.6 is 0 Å². The lowest BCUT2D eigenvalue weighted by Gasteiger charge is -2.13. The third-order valence-electron chi connectivity index (χ3n) is 3.27. The van der Waals surface area contributed by atoms with E-state index in [0.29, 0.717) is 31.9 Å². The summed E-state index contributed by atoms with van der Waals surface area (Å²) in [4.78, 5) is -0.00855. The molecule has 7 heteroatoms. The van der Waals surface area contributed by atoms with Crippen molar-refractivity contribution in [2.75, 3.05) is 26.8 Å². The number of nitrogens with one attached hydrogen (secondary N) is 2. The van der Waals surface area contributed by atoms with Crippen LogP contribution < -0.4 is 10.0 Å². The van der Waals surface area contributed by atoms with Crippen LogP contribution in [0.3, 0.4) is 0 Å². The maximum absolute atomic E-state index is 13.3. The molecule has 112 valence electrons. The highest BCUT2D eigenvalue weighted by atomic mass is 32.2. The van der Waals surface area contributed by atoms with Crippen molar-refractivity contribution in [2.45, 2.75) is 17.9 Å². The lowest BCUT2D eigenvalue weighted by Crippen LogP contribution is -2.30. The molecule has 20 heavy (non-hydrogen) atoms. The predicted octanol–water partition coefficient (Wildman–Crippen LogP) is 0.860. The van der Waals surface area contributed by atoms with Crippen LogP contribution in [0.5, 0.6) is 0 Å². The van der Waals surface area contributed by atoms with Crippen LogP contribution in [0.25, 0.3) is 0 Å². The zero-order chi connectivity index (χ0) is 14.6. The van der Waals surface area contributed by atoms with E-state index in [-0.39, 0.29) is 10.8 Å². The van der Waals surface area contributed by atoms with Gasteiger partial charge in [0.2, 0.25) is 10.0 Å². The predicted molar refractivity (Wildman–Crippen MR) is 73.3 cm³/mol. The minimum absolute atomic E-state index is 0.00855. The second-order valence-electron chi connectivity index (χ2n) is 4.86. The molecule has 1 aliphatic rings. The number of sulfonamides is 1. The van der Waals surface area contributed by atoms with E-state index < -0.39 is 15.8 Å². The molecule has 1 aromatic carbocycles. The quantitative estimate of drug-likeness (QED) is 0.818. The Bertz CT molecular complexity index is 557. The van der Waals surface area contributed by atoms with Gasteiger partial charge >= 0.3 is 0 Å². The van der Waals surface area contributed by atoms with Crippen LogP contribution in [0.4, 0.5) is 4.39 Å². The molecular weight excluding hydrogens is 283 g/mol. The van der Waals surface area contributed by atoms with Gasteiger partial charge in [-0.2, -0.15) is 0 Å². The summed E-state index contributed by atoms with van der Waals surface area (Å²) < 4.78 is 45.7. The highest BCUT2D eigenvalue weighted by Crippen LogP contribution is 2.18. The summed E-state index contributed by atoms with van der Waals surface area (Å²) in [5.74, 6) is -0.375. The van der Waals surface area contributed by atoms with Crippen molar-refractivity contribution in [1.29, 1.82) is 0 Å². The smallest absolute Gasteiger partial charge is 0.241 e. The Labute approximate surface area is 118 Å². The van der Waals surface area contributed by atoms with Crippen LogP contribution in [0.2, 0.25) is 0 Å². The Morgan fingerprint density at radius 1 is 1.45 bits per heavy atom. The molecule has 1 fully saturated rings. The summed E-state index contributed by atoms with van der Waals surface area (Å²) in [6.45, 7) is 1.91. The molecule has 2 N–H and O–H groups in total. The number of rotatable bonds is 6. The van der Waals surface area contributed by atoms with Crippen molar-refractivity contribution in [3.63, 3.8) is 0 Å². The highest BCUT2D eigenvalue weighted by molar-refractivity contribution is 7.89. The molecule has 0 aliphatic carbocycles. The number of benzene rings is 1. The summed E-state index contributed by atoms with van der Waals surface area (Å²) in [5.41, 5.74) is 0.545. The molecule has 0 amide bonds. The van der Waals surface area contributed by atoms with E-state index in [1.165, 1.54) is 12.1 Å². The SMILES string of the molecule is CNCc1ccc(F)cc1S(=O)(=O)NCC1CCOC1. The molecule has 0 saturated carbocycles. The first-order valence-corrected chi connectivity index (χ1v) is 8.01. The minimum Gasteiger partial charge on any atom is -0.381 e. The normalized spacial score (nSPS) is 19.4. The first-order valence-electron chi connectivity index (χ1n) is 6.53. The van der Waals surface area contributed by atoms with E-state index in [9.17, 15) is 12.8 Å². The lowest BCUT2D eigenvalue weighted by atomic mass is 10.1. The largest absolute Gasteiger partial charge is 0.381 e. The molecule has 0 spiro atoms. The Hall–Kier alpha value is -1.02. The van der Waals surface area contributed by atoms with Gasteiger partial charge in [0.1, 0.15) is 5.82 Å². The number of hydrogen-bond acceptors (Lipinski definition) is 4. The van der Waals surface area contributed by atoms with E-state index in [0.717, 1.165) is 12.5 Å². The van der Waals surface area contributed by atoms with Crippen molar-refractivity contribution in [3.8, 4) is 0 Å². The third kappa shape index (κ3) is 3.76. The number of ether oxygens (including phenoxy) is 1. The van der Waals surface area contributed by atoms with Gasteiger partial charge in [0, 0.05) is 19.7 Å². The summed E-state index contributed by atoms with van der Waals surface area (Å²) >= 11 is 0. The Morgan fingerprint density at radius 2 is 2.25 bits per heavy atom. The second kappa shape index (κ2) is 6.62. The van der Waals surface area contributed by atoms with Gasteiger partial charge in [0.25, 0.3) is 0 Å². The van der Waals surface area contributed by atoms with Gasteiger partial charge in [-0.15, -0.1) is 0 Å². The molecule has 1 saturated heterocycles. The van der Waals surface area contributed by atoms with Crippen molar-refractivity contribution in [1.82, 2.24) is 10.0 Å². The maximum atomic E-state index is 13.3. The number of halogens is 1. The molecule has 0 bridgehead atoms. The molecule has 0 radical (unpaired) electrons. The van der Waals surface area contributed by atoms with Gasteiger partial charge in [-0.05, 0) is 37.1 Å². The first-order chi connectivity index (χ1) is 9.53. The van der Waals surface area contributed by atoms with E-state index in [1.54, 1.807) is 7.05 Å². The molecule has 5 nitrogen and oxygen atoms in total. The van der Waals surface area contributed by atoms with Crippen molar-refractivity contribution >= 4 is 10.0 Å². The molecule has 2 rings (SSSR count). The fourth-order valence-electron chi connectivity index (χ4n) is 2.16. The maximum Gasteiger partial charge on any atom is 0.241 e. The summed E-state index contributed by atoms with van der Waals surface area (Å²) in [7, 11) is -2.00. The molecular formula is C13H19FN2O3S.